The molecule has 2 aromatic rings. The number of benzene rings is 2. The van der Waals surface area contributed by atoms with E-state index in [0.717, 1.165) is 62.3 Å². The number of ketones is 1. The number of unbranched alkanes of at least 4 members (excludes halogenated alkanes) is 6. The number of rotatable bonds is 16. The van der Waals surface area contributed by atoms with Crippen LogP contribution in [0, 0.1) is 0 Å². The van der Waals surface area contributed by atoms with Gasteiger partial charge in [-0.05, 0) is 74.7 Å². The number of hydrogen-bond donors (Lipinski definition) is 5. The molecule has 2 aromatic carbocycles. The van der Waals surface area contributed by atoms with Crippen molar-refractivity contribution in [2.45, 2.75) is 65.2 Å². The third-order valence-electron chi connectivity index (χ3n) is 6.52. The van der Waals surface area contributed by atoms with Crippen LogP contribution >= 0.6 is 0 Å². The van der Waals surface area contributed by atoms with Crippen molar-refractivity contribution in [3.8, 4) is 0 Å². The number of aliphatic imine (C=N–C) groups is 1. The van der Waals surface area contributed by atoms with E-state index in [9.17, 15) is 9.90 Å². The van der Waals surface area contributed by atoms with E-state index in [4.69, 9.17) is 5.11 Å². The van der Waals surface area contributed by atoms with Gasteiger partial charge in [0.2, 0.25) is 5.78 Å². The van der Waals surface area contributed by atoms with E-state index in [1.807, 2.05) is 48.5 Å². The molecule has 0 fully saturated rings. The van der Waals surface area contributed by atoms with Crippen LogP contribution < -0.4 is 16.0 Å². The fourth-order valence-corrected chi connectivity index (χ4v) is 4.26. The Balaban J connectivity index is 1.62. The number of aliphatic hydroxyl groups excluding tert-OH is 2. The lowest BCUT2D eigenvalue weighted by atomic mass is 9.98. The SMILES string of the molecule is CCCCCCNc1ccc(NC2=C(C)/C(=N/c3ccc(NCCCCCCO)cc3)C(O)=CC2=O)cc1. The number of allylic oxidation sites excluding steroid dienone is 2. The predicted molar refractivity (Wildman–Crippen MR) is 159 cm³/mol. The van der Waals surface area contributed by atoms with Crippen LogP contribution in [-0.4, -0.2) is 41.4 Å². The number of nitrogens with zero attached hydrogens (tertiary/aromatic N) is 1. The second kappa shape index (κ2) is 15.6. The maximum Gasteiger partial charge on any atom is 0.206 e. The van der Waals surface area contributed by atoms with E-state index >= 15 is 0 Å². The first-order valence-electron chi connectivity index (χ1n) is 13.8. The van der Waals surface area contributed by atoms with Gasteiger partial charge < -0.3 is 26.2 Å². The molecular weight excluding hydrogens is 476 g/mol. The van der Waals surface area contributed by atoms with E-state index in [0.29, 0.717) is 22.7 Å². The Morgan fingerprint density at radius 2 is 1.32 bits per heavy atom. The predicted octanol–water partition coefficient (Wildman–Crippen LogP) is 7.13. The van der Waals surface area contributed by atoms with Crippen molar-refractivity contribution in [3.63, 3.8) is 0 Å². The number of carbonyl (C=O) groups is 1. The van der Waals surface area contributed by atoms with Crippen molar-refractivity contribution in [1.29, 1.82) is 0 Å². The first kappa shape index (κ1) is 29.0. The van der Waals surface area contributed by atoms with Gasteiger partial charge in [-0.1, -0.05) is 39.0 Å². The summed E-state index contributed by atoms with van der Waals surface area (Å²) in [5.74, 6) is -0.415. The summed E-state index contributed by atoms with van der Waals surface area (Å²) in [6.45, 7) is 6.08. The van der Waals surface area contributed by atoms with Gasteiger partial charge in [0.25, 0.3) is 0 Å². The molecule has 0 radical (unpaired) electrons. The molecule has 0 bridgehead atoms. The van der Waals surface area contributed by atoms with Gasteiger partial charge in [-0.2, -0.15) is 0 Å². The van der Waals surface area contributed by atoms with Gasteiger partial charge in [-0.25, -0.2) is 4.99 Å². The van der Waals surface area contributed by atoms with Gasteiger partial charge in [0.15, 0.2) is 0 Å². The number of anilines is 3. The number of hydrogen-bond acceptors (Lipinski definition) is 7. The van der Waals surface area contributed by atoms with Crippen molar-refractivity contribution < 1.29 is 15.0 Å². The van der Waals surface area contributed by atoms with Gasteiger partial charge in [0.1, 0.15) is 11.5 Å². The first-order valence-corrected chi connectivity index (χ1v) is 13.8. The molecule has 204 valence electrons. The third kappa shape index (κ3) is 9.06. The maximum absolute atomic E-state index is 12.7. The molecule has 7 nitrogen and oxygen atoms in total. The number of carbonyl (C=O) groups excluding carboxylic acids is 1. The van der Waals surface area contributed by atoms with Gasteiger partial charge >= 0.3 is 0 Å². The van der Waals surface area contributed by atoms with Crippen molar-refractivity contribution in [1.82, 2.24) is 0 Å². The van der Waals surface area contributed by atoms with E-state index in [2.05, 4.69) is 27.9 Å². The highest BCUT2D eigenvalue weighted by Gasteiger charge is 2.24. The normalized spacial score (nSPS) is 14.6. The minimum atomic E-state index is -0.282. The zero-order valence-electron chi connectivity index (χ0n) is 22.7. The van der Waals surface area contributed by atoms with Gasteiger partial charge in [0.05, 0.1) is 11.4 Å². The molecule has 7 heteroatoms. The summed E-state index contributed by atoms with van der Waals surface area (Å²) in [4.78, 5) is 17.3. The molecule has 0 spiro atoms. The molecule has 0 heterocycles. The van der Waals surface area contributed by atoms with E-state index < -0.39 is 0 Å². The molecule has 0 amide bonds. The van der Waals surface area contributed by atoms with E-state index in [-0.39, 0.29) is 18.1 Å². The molecular formula is C31H42N4O3. The van der Waals surface area contributed by atoms with Crippen LogP contribution in [0.1, 0.15) is 65.2 Å². The Hall–Kier alpha value is -3.58. The second-order valence-corrected chi connectivity index (χ2v) is 9.66. The molecule has 38 heavy (non-hydrogen) atoms. The Morgan fingerprint density at radius 3 is 1.92 bits per heavy atom. The summed E-state index contributed by atoms with van der Waals surface area (Å²) in [5, 5.41) is 29.4. The summed E-state index contributed by atoms with van der Waals surface area (Å²) in [6, 6.07) is 15.6. The zero-order valence-corrected chi connectivity index (χ0v) is 22.7. The average Bonchev–Trinajstić information content (AvgIpc) is 2.92. The molecule has 0 saturated heterocycles. The summed E-state index contributed by atoms with van der Waals surface area (Å²) in [7, 11) is 0. The average molecular weight is 519 g/mol. The fourth-order valence-electron chi connectivity index (χ4n) is 4.26. The Bertz CT molecular complexity index is 1120. The van der Waals surface area contributed by atoms with Crippen LogP contribution in [0.2, 0.25) is 0 Å². The second-order valence-electron chi connectivity index (χ2n) is 9.66. The van der Waals surface area contributed by atoms with Gasteiger partial charge in [-0.15, -0.1) is 0 Å². The summed E-state index contributed by atoms with van der Waals surface area (Å²) < 4.78 is 0. The zero-order chi connectivity index (χ0) is 27.2. The smallest absolute Gasteiger partial charge is 0.206 e. The van der Waals surface area contributed by atoms with Crippen LogP contribution in [0.15, 0.2) is 76.6 Å². The highest BCUT2D eigenvalue weighted by Crippen LogP contribution is 2.26. The summed E-state index contributed by atoms with van der Waals surface area (Å²) in [6.07, 6.45) is 10.1. The molecule has 0 saturated carbocycles. The topological polar surface area (TPSA) is 106 Å². The van der Waals surface area contributed by atoms with Crippen LogP contribution in [0.4, 0.5) is 22.7 Å². The van der Waals surface area contributed by atoms with E-state index in [1.54, 1.807) is 6.92 Å². The minimum Gasteiger partial charge on any atom is -0.506 e. The maximum atomic E-state index is 12.7. The van der Waals surface area contributed by atoms with Crippen molar-refractivity contribution >= 4 is 34.2 Å². The van der Waals surface area contributed by atoms with Crippen LogP contribution in [0.3, 0.4) is 0 Å². The van der Waals surface area contributed by atoms with Crippen LogP contribution in [-0.2, 0) is 4.79 Å². The molecule has 0 atom stereocenters. The fraction of sp³-hybridized carbons (Fsp3) is 0.419. The third-order valence-corrected chi connectivity index (χ3v) is 6.52. The number of nitrogens with one attached hydrogen (secondary N) is 3. The Kier molecular flexibility index (Phi) is 11.9. The van der Waals surface area contributed by atoms with Crippen molar-refractivity contribution in [3.05, 3.63) is 71.6 Å². The molecule has 0 unspecified atom stereocenters. The van der Waals surface area contributed by atoms with Gasteiger partial charge in [-0.3, -0.25) is 4.79 Å². The minimum absolute atomic E-state index is 0.134. The van der Waals surface area contributed by atoms with Crippen LogP contribution in [0.25, 0.3) is 0 Å². The first-order chi connectivity index (χ1) is 18.5. The largest absolute Gasteiger partial charge is 0.506 e. The van der Waals surface area contributed by atoms with E-state index in [1.165, 1.54) is 25.3 Å². The lowest BCUT2D eigenvalue weighted by molar-refractivity contribution is -0.111. The summed E-state index contributed by atoms with van der Waals surface area (Å²) >= 11 is 0. The molecule has 1 aliphatic carbocycles. The van der Waals surface area contributed by atoms with Crippen LogP contribution in [0.5, 0.6) is 0 Å². The lowest BCUT2D eigenvalue weighted by Gasteiger charge is -2.19. The summed E-state index contributed by atoms with van der Waals surface area (Å²) in [5.41, 5.74) is 4.91. The monoisotopic (exact) mass is 518 g/mol. The Labute approximate surface area is 226 Å². The number of aliphatic hydroxyl groups is 2. The van der Waals surface area contributed by atoms with Gasteiger partial charge in [0, 0.05) is 48.4 Å². The van der Waals surface area contributed by atoms with Crippen molar-refractivity contribution in [2.24, 2.45) is 4.99 Å². The molecule has 1 aliphatic rings. The molecule has 3 rings (SSSR count). The quantitative estimate of drug-likeness (QED) is 0.120. The molecule has 5 N–H and O–H groups in total. The highest BCUT2D eigenvalue weighted by atomic mass is 16.3. The van der Waals surface area contributed by atoms with Crippen molar-refractivity contribution in [2.75, 3.05) is 35.6 Å². The molecule has 0 aliphatic heterocycles. The Morgan fingerprint density at radius 1 is 0.763 bits per heavy atom. The lowest BCUT2D eigenvalue weighted by Crippen LogP contribution is -2.22. The molecule has 0 aromatic heterocycles. The highest BCUT2D eigenvalue weighted by molar-refractivity contribution is 6.24. The standard InChI is InChI=1S/C31H42N4O3/c1-3-4-5-8-19-32-24-11-15-26(16-12-24)34-30-23(2)31(29(38)22-28(30)37)35-27-17-13-25(14-18-27)33-20-9-6-7-10-21-36/h11-18,22,32-34,36,38H,3-10,19-21H2,1-2H3/b35-31-.